The van der Waals surface area contributed by atoms with Crippen LogP contribution in [0.1, 0.15) is 11.2 Å². The van der Waals surface area contributed by atoms with Crippen LogP contribution in [0.4, 0.5) is 5.82 Å². The molecular formula is C15H20ClN5O. The Kier molecular flexibility index (Phi) is 4.52. The Balaban J connectivity index is 1.88. The monoisotopic (exact) mass is 321 g/mol. The molecule has 0 saturated carbocycles. The second kappa shape index (κ2) is 6.56. The average Bonchev–Trinajstić information content (AvgIpc) is 2.97. The van der Waals surface area contributed by atoms with Crippen molar-refractivity contribution in [2.45, 2.75) is 5.50 Å². The summed E-state index contributed by atoms with van der Waals surface area (Å²) in [7, 11) is 1.80. The molecule has 1 unspecified atom stereocenters. The maximum atomic E-state index is 6.20. The molecule has 0 bridgehead atoms. The lowest BCUT2D eigenvalue weighted by Crippen LogP contribution is -2.36. The zero-order valence-corrected chi connectivity index (χ0v) is 13.3. The highest BCUT2D eigenvalue weighted by Crippen LogP contribution is 2.27. The van der Waals surface area contributed by atoms with E-state index in [0.717, 1.165) is 48.9 Å². The third-order valence-electron chi connectivity index (χ3n) is 3.81. The number of hydrogen-bond donors (Lipinski definition) is 2. The minimum Gasteiger partial charge on any atom is -0.378 e. The van der Waals surface area contributed by atoms with Crippen LogP contribution in [0.2, 0.25) is 0 Å². The molecule has 1 aliphatic heterocycles. The van der Waals surface area contributed by atoms with E-state index in [2.05, 4.69) is 21.3 Å². The molecule has 1 saturated heterocycles. The number of rotatable bonds is 4. The van der Waals surface area contributed by atoms with Crippen molar-refractivity contribution in [3.8, 4) is 11.1 Å². The Hall–Kier alpha value is -1.76. The second-order valence-corrected chi connectivity index (χ2v) is 5.65. The van der Waals surface area contributed by atoms with Crippen LogP contribution in [0.5, 0.6) is 0 Å². The summed E-state index contributed by atoms with van der Waals surface area (Å²) in [6, 6.07) is 6.05. The predicted octanol–water partition coefficient (Wildman–Crippen LogP) is 1.56. The van der Waals surface area contributed by atoms with Crippen LogP contribution in [0.3, 0.4) is 0 Å². The standard InChI is InChI=1S/C15H20ClN5O/c1-18-15(16)13-8-12(10-21(13)17)11-2-3-19-14(9-11)20-4-6-22-7-5-20/h2-3,8-10,15,18H,4-7,17H2,1H3. The molecule has 0 spiro atoms. The van der Waals surface area contributed by atoms with Crippen molar-refractivity contribution in [1.29, 1.82) is 0 Å². The summed E-state index contributed by atoms with van der Waals surface area (Å²) in [6.07, 6.45) is 3.70. The van der Waals surface area contributed by atoms with Crippen molar-refractivity contribution in [1.82, 2.24) is 15.0 Å². The average molecular weight is 322 g/mol. The summed E-state index contributed by atoms with van der Waals surface area (Å²) in [5, 5.41) is 2.98. The zero-order valence-electron chi connectivity index (χ0n) is 12.5. The number of morpholine rings is 1. The number of nitrogens with two attached hydrogens (primary N) is 1. The van der Waals surface area contributed by atoms with Crippen LogP contribution in [-0.2, 0) is 4.74 Å². The number of nitrogens with zero attached hydrogens (tertiary/aromatic N) is 3. The van der Waals surface area contributed by atoms with Crippen molar-refractivity contribution in [2.75, 3.05) is 44.1 Å². The molecule has 1 fully saturated rings. The number of nitrogens with one attached hydrogen (secondary N) is 1. The van der Waals surface area contributed by atoms with Crippen molar-refractivity contribution >= 4 is 17.4 Å². The van der Waals surface area contributed by atoms with Crippen LogP contribution >= 0.6 is 11.6 Å². The summed E-state index contributed by atoms with van der Waals surface area (Å²) in [5.74, 6) is 6.95. The normalized spacial score (nSPS) is 16.7. The molecule has 2 aromatic heterocycles. The third kappa shape index (κ3) is 3.04. The van der Waals surface area contributed by atoms with E-state index in [1.54, 1.807) is 11.7 Å². The van der Waals surface area contributed by atoms with E-state index in [4.69, 9.17) is 22.2 Å². The molecule has 6 nitrogen and oxygen atoms in total. The first-order valence-corrected chi connectivity index (χ1v) is 7.70. The molecule has 3 heterocycles. The van der Waals surface area contributed by atoms with Gasteiger partial charge >= 0.3 is 0 Å². The SMILES string of the molecule is CNC(Cl)c1cc(-c2ccnc(N3CCOCC3)c2)cn1N. The van der Waals surface area contributed by atoms with Gasteiger partial charge in [0.1, 0.15) is 11.3 Å². The maximum Gasteiger partial charge on any atom is 0.129 e. The fourth-order valence-corrected chi connectivity index (χ4v) is 2.74. The highest BCUT2D eigenvalue weighted by molar-refractivity contribution is 6.20. The molecule has 0 amide bonds. The molecule has 22 heavy (non-hydrogen) atoms. The Labute approximate surface area is 134 Å². The van der Waals surface area contributed by atoms with Gasteiger partial charge in [-0.05, 0) is 30.8 Å². The van der Waals surface area contributed by atoms with Gasteiger partial charge in [-0.3, -0.25) is 9.99 Å². The number of alkyl halides is 1. The van der Waals surface area contributed by atoms with Crippen molar-refractivity contribution in [3.63, 3.8) is 0 Å². The Morgan fingerprint density at radius 2 is 2.09 bits per heavy atom. The molecule has 118 valence electrons. The lowest BCUT2D eigenvalue weighted by Gasteiger charge is -2.27. The molecule has 0 aliphatic carbocycles. The summed E-state index contributed by atoms with van der Waals surface area (Å²) >= 11 is 6.20. The summed E-state index contributed by atoms with van der Waals surface area (Å²) in [4.78, 5) is 6.69. The highest BCUT2D eigenvalue weighted by atomic mass is 35.5. The molecule has 0 aromatic carbocycles. The smallest absolute Gasteiger partial charge is 0.129 e. The number of nitrogen functional groups attached to an aromatic ring is 1. The zero-order chi connectivity index (χ0) is 15.5. The van der Waals surface area contributed by atoms with Gasteiger partial charge < -0.3 is 15.5 Å². The van der Waals surface area contributed by atoms with Crippen molar-refractivity contribution < 1.29 is 4.74 Å². The molecule has 0 radical (unpaired) electrons. The molecular weight excluding hydrogens is 302 g/mol. The quantitative estimate of drug-likeness (QED) is 0.508. The molecule has 1 aliphatic rings. The maximum absolute atomic E-state index is 6.20. The minimum absolute atomic E-state index is 0.320. The van der Waals surface area contributed by atoms with E-state index in [1.165, 1.54) is 0 Å². The van der Waals surface area contributed by atoms with Gasteiger partial charge in [-0.15, -0.1) is 0 Å². The number of anilines is 1. The summed E-state index contributed by atoms with van der Waals surface area (Å²) in [5.41, 5.74) is 2.60. The topological polar surface area (TPSA) is 68.3 Å². The first kappa shape index (κ1) is 15.1. The predicted molar refractivity (Wildman–Crippen MR) is 88.5 cm³/mol. The summed E-state index contributed by atoms with van der Waals surface area (Å²) in [6.45, 7) is 3.21. The van der Waals surface area contributed by atoms with Crippen LogP contribution in [0, 0.1) is 0 Å². The molecule has 3 N–H and O–H groups in total. The van der Waals surface area contributed by atoms with E-state index < -0.39 is 0 Å². The van der Waals surface area contributed by atoms with Gasteiger partial charge in [0.25, 0.3) is 0 Å². The number of ether oxygens (including phenoxy) is 1. The Bertz CT molecular complexity index is 639. The fourth-order valence-electron chi connectivity index (χ4n) is 2.57. The van der Waals surface area contributed by atoms with Gasteiger partial charge in [-0.1, -0.05) is 11.6 Å². The molecule has 1 atom stereocenters. The lowest BCUT2D eigenvalue weighted by atomic mass is 10.1. The van der Waals surface area contributed by atoms with Gasteiger partial charge in [0, 0.05) is 31.0 Å². The van der Waals surface area contributed by atoms with Gasteiger partial charge in [-0.2, -0.15) is 0 Å². The number of hydrogen-bond acceptors (Lipinski definition) is 5. The van der Waals surface area contributed by atoms with Gasteiger partial charge in [0.15, 0.2) is 0 Å². The Morgan fingerprint density at radius 1 is 1.32 bits per heavy atom. The van der Waals surface area contributed by atoms with E-state index in [9.17, 15) is 0 Å². The second-order valence-electron chi connectivity index (χ2n) is 5.21. The van der Waals surface area contributed by atoms with Crippen LogP contribution in [0.15, 0.2) is 30.6 Å². The largest absolute Gasteiger partial charge is 0.378 e. The first-order chi connectivity index (χ1) is 10.7. The van der Waals surface area contributed by atoms with E-state index in [0.29, 0.717) is 0 Å². The number of halogens is 1. The Morgan fingerprint density at radius 3 is 2.82 bits per heavy atom. The van der Waals surface area contributed by atoms with Crippen LogP contribution < -0.4 is 16.1 Å². The van der Waals surface area contributed by atoms with E-state index in [-0.39, 0.29) is 5.50 Å². The van der Waals surface area contributed by atoms with E-state index >= 15 is 0 Å². The van der Waals surface area contributed by atoms with Gasteiger partial charge in [0.2, 0.25) is 0 Å². The first-order valence-electron chi connectivity index (χ1n) is 7.27. The molecule has 3 rings (SSSR count). The van der Waals surface area contributed by atoms with Crippen molar-refractivity contribution in [2.24, 2.45) is 0 Å². The van der Waals surface area contributed by atoms with Gasteiger partial charge in [-0.25, -0.2) is 4.98 Å². The lowest BCUT2D eigenvalue weighted by molar-refractivity contribution is 0.122. The van der Waals surface area contributed by atoms with E-state index in [1.807, 2.05) is 24.5 Å². The molecule has 7 heteroatoms. The minimum atomic E-state index is -0.320. The number of aromatic nitrogens is 2. The van der Waals surface area contributed by atoms with Gasteiger partial charge in [0.05, 0.1) is 18.9 Å². The third-order valence-corrected chi connectivity index (χ3v) is 4.25. The fraction of sp³-hybridized carbons (Fsp3) is 0.400. The summed E-state index contributed by atoms with van der Waals surface area (Å²) < 4.78 is 6.94. The highest BCUT2D eigenvalue weighted by Gasteiger charge is 2.15. The van der Waals surface area contributed by atoms with Crippen molar-refractivity contribution in [3.05, 3.63) is 36.3 Å². The van der Waals surface area contributed by atoms with Crippen LogP contribution in [-0.4, -0.2) is 43.0 Å². The number of pyridine rings is 1. The van der Waals surface area contributed by atoms with Crippen LogP contribution in [0.25, 0.3) is 11.1 Å². The molecule has 2 aromatic rings.